The molecule has 0 saturated carbocycles. The van der Waals surface area contributed by atoms with E-state index in [1.54, 1.807) is 25.1 Å². The molecule has 0 aliphatic rings. The lowest BCUT2D eigenvalue weighted by Crippen LogP contribution is -2.52. The molecule has 0 bridgehead atoms. The zero-order valence-electron chi connectivity index (χ0n) is 21.9. The first kappa shape index (κ1) is 29.3. The highest BCUT2D eigenvalue weighted by Gasteiger charge is 2.34. The lowest BCUT2D eigenvalue weighted by Gasteiger charge is -2.33. The lowest BCUT2D eigenvalue weighted by molar-refractivity contribution is -0.384. The number of benzene rings is 3. The smallest absolute Gasteiger partial charge is 0.271 e. The van der Waals surface area contributed by atoms with Crippen LogP contribution in [0.4, 0.5) is 11.4 Å². The third kappa shape index (κ3) is 7.41. The van der Waals surface area contributed by atoms with Crippen LogP contribution in [0.15, 0.2) is 89.8 Å². The van der Waals surface area contributed by atoms with Crippen LogP contribution in [0, 0.1) is 10.1 Å². The molecule has 3 aromatic carbocycles. The standard InChI is InChI=1S/C28H32N4O6S/c1-3-18-29-28(34)26(4-2)30(20-22-12-7-5-8-13-22)27(33)21-31(23-14-11-15-24(19-23)32(35)36)39(37,38)25-16-9-6-10-17-25/h5-17,19,26H,3-4,18,20-21H2,1-2H3,(H,29,34)/t26-/m1/s1. The minimum absolute atomic E-state index is 0.0375. The maximum atomic E-state index is 13.9. The number of nitro groups is 1. The number of hydrogen-bond donors (Lipinski definition) is 1. The van der Waals surface area contributed by atoms with Crippen molar-refractivity contribution in [3.8, 4) is 0 Å². The molecule has 206 valence electrons. The molecule has 3 aromatic rings. The Kier molecular flexibility index (Phi) is 10.2. The normalized spacial score (nSPS) is 11.8. The van der Waals surface area contributed by atoms with Crippen LogP contribution in [0.1, 0.15) is 32.3 Å². The Balaban J connectivity index is 2.07. The summed E-state index contributed by atoms with van der Waals surface area (Å²) in [6.45, 7) is 3.54. The van der Waals surface area contributed by atoms with Crippen LogP contribution in [-0.2, 0) is 26.2 Å². The Labute approximate surface area is 228 Å². The van der Waals surface area contributed by atoms with Gasteiger partial charge in [0.15, 0.2) is 0 Å². The number of nitrogens with zero attached hydrogens (tertiary/aromatic N) is 3. The van der Waals surface area contributed by atoms with E-state index in [2.05, 4.69) is 5.32 Å². The topological polar surface area (TPSA) is 130 Å². The van der Waals surface area contributed by atoms with E-state index in [9.17, 15) is 28.1 Å². The van der Waals surface area contributed by atoms with E-state index in [0.29, 0.717) is 19.4 Å². The fraction of sp³-hybridized carbons (Fsp3) is 0.286. The van der Waals surface area contributed by atoms with Crippen molar-refractivity contribution in [2.75, 3.05) is 17.4 Å². The second-order valence-corrected chi connectivity index (χ2v) is 10.7. The molecule has 3 rings (SSSR count). The molecular weight excluding hydrogens is 520 g/mol. The van der Waals surface area contributed by atoms with Crippen molar-refractivity contribution in [1.29, 1.82) is 0 Å². The van der Waals surface area contributed by atoms with E-state index in [1.807, 2.05) is 37.3 Å². The molecule has 0 saturated heterocycles. The Bertz CT molecular complexity index is 1380. The van der Waals surface area contributed by atoms with E-state index in [1.165, 1.54) is 35.2 Å². The number of sulfonamides is 1. The van der Waals surface area contributed by atoms with Crippen LogP contribution < -0.4 is 9.62 Å². The van der Waals surface area contributed by atoms with Gasteiger partial charge in [-0.2, -0.15) is 0 Å². The molecule has 11 heteroatoms. The first-order chi connectivity index (χ1) is 18.7. The third-order valence-corrected chi connectivity index (χ3v) is 7.86. The molecule has 0 fully saturated rings. The van der Waals surface area contributed by atoms with Gasteiger partial charge in [0.25, 0.3) is 15.7 Å². The van der Waals surface area contributed by atoms with E-state index < -0.39 is 33.4 Å². The number of nitro benzene ring substituents is 1. The highest BCUT2D eigenvalue weighted by Crippen LogP contribution is 2.27. The van der Waals surface area contributed by atoms with Crippen molar-refractivity contribution in [2.45, 2.75) is 44.2 Å². The van der Waals surface area contributed by atoms with Gasteiger partial charge in [0, 0.05) is 25.2 Å². The zero-order valence-corrected chi connectivity index (χ0v) is 22.7. The number of amides is 2. The fourth-order valence-corrected chi connectivity index (χ4v) is 5.50. The largest absolute Gasteiger partial charge is 0.354 e. The SMILES string of the molecule is CCCNC(=O)[C@@H](CC)N(Cc1ccccc1)C(=O)CN(c1cccc([N+](=O)[O-])c1)S(=O)(=O)c1ccccc1. The molecule has 0 heterocycles. The summed E-state index contributed by atoms with van der Waals surface area (Å²) in [5, 5.41) is 14.3. The minimum atomic E-state index is -4.30. The van der Waals surface area contributed by atoms with E-state index >= 15 is 0 Å². The van der Waals surface area contributed by atoms with Gasteiger partial charge >= 0.3 is 0 Å². The number of carbonyl (C=O) groups excluding carboxylic acids is 2. The van der Waals surface area contributed by atoms with Crippen molar-refractivity contribution in [3.05, 3.63) is 101 Å². The van der Waals surface area contributed by atoms with E-state index in [4.69, 9.17) is 0 Å². The van der Waals surface area contributed by atoms with Gasteiger partial charge in [-0.25, -0.2) is 8.42 Å². The molecular formula is C28H32N4O6S. The summed E-state index contributed by atoms with van der Waals surface area (Å²) >= 11 is 0. The summed E-state index contributed by atoms with van der Waals surface area (Å²) in [6, 6.07) is 20.9. The molecule has 1 atom stereocenters. The maximum Gasteiger partial charge on any atom is 0.271 e. The fourth-order valence-electron chi connectivity index (χ4n) is 4.08. The number of anilines is 1. The first-order valence-electron chi connectivity index (χ1n) is 12.6. The van der Waals surface area contributed by atoms with Gasteiger partial charge in [-0.15, -0.1) is 0 Å². The van der Waals surface area contributed by atoms with Crippen LogP contribution >= 0.6 is 0 Å². The van der Waals surface area contributed by atoms with Crippen LogP contribution in [0.5, 0.6) is 0 Å². The number of carbonyl (C=O) groups is 2. The van der Waals surface area contributed by atoms with Crippen molar-refractivity contribution in [1.82, 2.24) is 10.2 Å². The summed E-state index contributed by atoms with van der Waals surface area (Å²) in [4.78, 5) is 39.1. The van der Waals surface area contributed by atoms with Gasteiger partial charge in [-0.05, 0) is 36.6 Å². The average Bonchev–Trinajstić information content (AvgIpc) is 2.95. The van der Waals surface area contributed by atoms with Crippen molar-refractivity contribution in [3.63, 3.8) is 0 Å². The van der Waals surface area contributed by atoms with Gasteiger partial charge in [-0.1, -0.05) is 68.4 Å². The van der Waals surface area contributed by atoms with E-state index in [-0.39, 0.29) is 28.7 Å². The number of hydrogen-bond acceptors (Lipinski definition) is 6. The molecule has 39 heavy (non-hydrogen) atoms. The van der Waals surface area contributed by atoms with E-state index in [0.717, 1.165) is 15.9 Å². The predicted molar refractivity (Wildman–Crippen MR) is 148 cm³/mol. The monoisotopic (exact) mass is 552 g/mol. The summed E-state index contributed by atoms with van der Waals surface area (Å²) in [7, 11) is -4.30. The molecule has 0 spiro atoms. The third-order valence-electron chi connectivity index (χ3n) is 6.07. The Hall–Kier alpha value is -4.25. The zero-order chi connectivity index (χ0) is 28.4. The van der Waals surface area contributed by atoms with Gasteiger partial charge in [0.2, 0.25) is 11.8 Å². The molecule has 0 aromatic heterocycles. The average molecular weight is 553 g/mol. The Morgan fingerprint density at radius 2 is 1.59 bits per heavy atom. The van der Waals surface area contributed by atoms with Crippen molar-refractivity contribution < 1.29 is 22.9 Å². The van der Waals surface area contributed by atoms with Gasteiger partial charge in [0.05, 0.1) is 15.5 Å². The van der Waals surface area contributed by atoms with Crippen molar-refractivity contribution in [2.24, 2.45) is 0 Å². The molecule has 0 unspecified atom stereocenters. The van der Waals surface area contributed by atoms with Crippen LogP contribution in [-0.4, -0.2) is 49.2 Å². The van der Waals surface area contributed by atoms with Crippen LogP contribution in [0.25, 0.3) is 0 Å². The minimum Gasteiger partial charge on any atom is -0.354 e. The number of rotatable bonds is 13. The van der Waals surface area contributed by atoms with Crippen LogP contribution in [0.3, 0.4) is 0 Å². The predicted octanol–water partition coefficient (Wildman–Crippen LogP) is 4.12. The molecule has 0 radical (unpaired) electrons. The summed E-state index contributed by atoms with van der Waals surface area (Å²) in [5.74, 6) is -0.959. The highest BCUT2D eigenvalue weighted by atomic mass is 32.2. The lowest BCUT2D eigenvalue weighted by atomic mass is 10.1. The molecule has 2 amide bonds. The van der Waals surface area contributed by atoms with Crippen LogP contribution in [0.2, 0.25) is 0 Å². The Morgan fingerprint density at radius 1 is 0.949 bits per heavy atom. The summed E-state index contributed by atoms with van der Waals surface area (Å²) in [6.07, 6.45) is 1.01. The number of non-ortho nitro benzene ring substituents is 1. The Morgan fingerprint density at radius 3 is 2.18 bits per heavy atom. The summed E-state index contributed by atoms with van der Waals surface area (Å²) < 4.78 is 28.4. The van der Waals surface area contributed by atoms with Gasteiger partial charge in [-0.3, -0.25) is 24.0 Å². The quantitative estimate of drug-likeness (QED) is 0.251. The first-order valence-corrected chi connectivity index (χ1v) is 14.1. The summed E-state index contributed by atoms with van der Waals surface area (Å²) in [5.41, 5.74) is 0.407. The van der Waals surface area contributed by atoms with Gasteiger partial charge in [0.1, 0.15) is 12.6 Å². The van der Waals surface area contributed by atoms with Gasteiger partial charge < -0.3 is 10.2 Å². The highest BCUT2D eigenvalue weighted by molar-refractivity contribution is 7.92. The number of nitrogens with one attached hydrogen (secondary N) is 1. The molecule has 0 aliphatic heterocycles. The second-order valence-electron chi connectivity index (χ2n) is 8.82. The maximum absolute atomic E-state index is 13.9. The molecule has 1 N–H and O–H groups in total. The van der Waals surface area contributed by atoms with Crippen molar-refractivity contribution >= 4 is 33.2 Å². The second kappa shape index (κ2) is 13.5. The molecule has 10 nitrogen and oxygen atoms in total. The molecule has 0 aliphatic carbocycles.